The van der Waals surface area contributed by atoms with Gasteiger partial charge in [-0.1, -0.05) is 19.1 Å². The van der Waals surface area contributed by atoms with E-state index in [4.69, 9.17) is 10.8 Å². The van der Waals surface area contributed by atoms with Gasteiger partial charge in [-0.15, -0.1) is 5.10 Å². The van der Waals surface area contributed by atoms with Gasteiger partial charge in [0.1, 0.15) is 0 Å². The minimum absolute atomic E-state index is 0.165. The molecule has 0 atom stereocenters. The summed E-state index contributed by atoms with van der Waals surface area (Å²) in [6, 6.07) is 0.458. The number of sulfone groups is 1. The van der Waals surface area contributed by atoms with E-state index in [0.717, 1.165) is 6.54 Å². The summed E-state index contributed by atoms with van der Waals surface area (Å²) in [5.74, 6) is 0.329. The van der Waals surface area contributed by atoms with Crippen molar-refractivity contribution < 1.29 is 19.3 Å². The molecule has 1 aliphatic rings. The van der Waals surface area contributed by atoms with E-state index >= 15 is 0 Å². The maximum atomic E-state index is 11.5. The Morgan fingerprint density at radius 3 is 2.62 bits per heavy atom. The van der Waals surface area contributed by atoms with Gasteiger partial charge in [0.05, 0.1) is 51.5 Å². The third-order valence-corrected chi connectivity index (χ3v) is 5.57. The van der Waals surface area contributed by atoms with Gasteiger partial charge in [0, 0.05) is 38.4 Å². The lowest BCUT2D eigenvalue weighted by Crippen LogP contribution is -2.39. The average Bonchev–Trinajstić information content (AvgIpc) is 2.95. The average molecular weight is 391 g/mol. The van der Waals surface area contributed by atoms with Crippen LogP contribution in [0.25, 0.3) is 0 Å². The predicted molar refractivity (Wildman–Crippen MR) is 98.7 cm³/mol. The van der Waals surface area contributed by atoms with Crippen LogP contribution in [-0.2, 0) is 32.4 Å². The van der Waals surface area contributed by atoms with Crippen LogP contribution >= 0.6 is 0 Å². The monoisotopic (exact) mass is 390 g/mol. The molecule has 2 heterocycles. The fourth-order valence-corrected chi connectivity index (χ4v) is 3.76. The van der Waals surface area contributed by atoms with Gasteiger partial charge < -0.3 is 14.8 Å². The molecule has 0 saturated carbocycles. The Labute approximate surface area is 157 Å². The Balaban J connectivity index is 1.60. The normalized spacial score (nSPS) is 18.3. The summed E-state index contributed by atoms with van der Waals surface area (Å²) in [6.45, 7) is 8.99. The van der Waals surface area contributed by atoms with Crippen molar-refractivity contribution in [2.75, 3.05) is 57.6 Å². The van der Waals surface area contributed by atoms with Crippen LogP contribution < -0.4 is 5.32 Å². The Bertz CT molecular complexity index is 654. The van der Waals surface area contributed by atoms with Crippen molar-refractivity contribution in [1.29, 1.82) is 0 Å². The zero-order valence-electron chi connectivity index (χ0n) is 16.7. The van der Waals surface area contributed by atoms with Crippen LogP contribution in [0.4, 0.5) is 0 Å². The quantitative estimate of drug-likeness (QED) is 0.479. The summed E-state index contributed by atoms with van der Waals surface area (Å²) in [5, 5.41) is 11.3. The minimum Gasteiger partial charge on any atom is -0.378 e. The molecule has 150 valence electrons. The molecule has 26 heavy (non-hydrogen) atoms. The molecule has 1 N–H and O–H groups in total. The van der Waals surface area contributed by atoms with E-state index in [2.05, 4.69) is 29.5 Å². The number of aromatic nitrogens is 3. The molecular formula is C16H31N5O4S. The van der Waals surface area contributed by atoms with E-state index in [0.29, 0.717) is 64.3 Å². The molecule has 0 amide bonds. The van der Waals surface area contributed by atoms with E-state index in [9.17, 15) is 8.42 Å². The highest BCUT2D eigenvalue weighted by Crippen LogP contribution is 2.07. The first kappa shape index (κ1) is 19.7. The molecule has 1 aromatic rings. The number of nitrogens with zero attached hydrogens (tertiary/aromatic N) is 4. The molecule has 0 bridgehead atoms. The summed E-state index contributed by atoms with van der Waals surface area (Å²) >= 11 is 0. The molecule has 0 spiro atoms. The van der Waals surface area contributed by atoms with Crippen molar-refractivity contribution in [1.82, 2.24) is 25.2 Å². The second-order valence-electron chi connectivity index (χ2n) is 6.63. The number of hydrogen-bond acceptors (Lipinski definition) is 8. The van der Waals surface area contributed by atoms with Crippen molar-refractivity contribution in [3.8, 4) is 0 Å². The number of ether oxygens (including phenoxy) is 2. The molecule has 2 rings (SSSR count). The lowest BCUT2D eigenvalue weighted by Gasteiger charge is -2.25. The van der Waals surface area contributed by atoms with E-state index in [-0.39, 0.29) is 17.7 Å². The summed E-state index contributed by atoms with van der Waals surface area (Å²) in [5.41, 5.74) is 0.565. The van der Waals surface area contributed by atoms with Crippen molar-refractivity contribution in [3.05, 3.63) is 11.9 Å². The lowest BCUT2D eigenvalue weighted by molar-refractivity contribution is 0.0445. The molecule has 0 aliphatic carbocycles. The topological polar surface area (TPSA) is 98.6 Å². The SMILES string of the molecule is [2H]c1c(CN2CCS(=O)(=O)CC2)nnn1CCOCCOCCNC(C)C. The summed E-state index contributed by atoms with van der Waals surface area (Å²) in [4.78, 5) is 2.00. The van der Waals surface area contributed by atoms with Crippen LogP contribution in [0.3, 0.4) is 0 Å². The highest BCUT2D eigenvalue weighted by molar-refractivity contribution is 7.91. The smallest absolute Gasteiger partial charge is 0.152 e. The third-order valence-electron chi connectivity index (χ3n) is 3.96. The van der Waals surface area contributed by atoms with Gasteiger partial charge in [0.2, 0.25) is 0 Å². The van der Waals surface area contributed by atoms with Crippen LogP contribution in [0, 0.1) is 0 Å². The molecule has 1 aliphatic heterocycles. The van der Waals surface area contributed by atoms with Gasteiger partial charge in [-0.3, -0.25) is 4.90 Å². The van der Waals surface area contributed by atoms with Gasteiger partial charge in [-0.2, -0.15) is 0 Å². The van der Waals surface area contributed by atoms with Crippen LogP contribution in [0.1, 0.15) is 20.9 Å². The van der Waals surface area contributed by atoms with E-state index < -0.39 is 9.84 Å². The number of nitrogens with one attached hydrogen (secondary N) is 1. The molecule has 0 radical (unpaired) electrons. The first-order chi connectivity index (χ1) is 12.9. The van der Waals surface area contributed by atoms with Crippen molar-refractivity contribution >= 4 is 9.84 Å². The Morgan fingerprint density at radius 2 is 1.92 bits per heavy atom. The fraction of sp³-hybridized carbons (Fsp3) is 0.875. The zero-order chi connectivity index (χ0) is 19.7. The molecule has 9 nitrogen and oxygen atoms in total. The maximum absolute atomic E-state index is 11.5. The number of hydrogen-bond donors (Lipinski definition) is 1. The van der Waals surface area contributed by atoms with E-state index in [1.165, 1.54) is 4.68 Å². The molecule has 0 aromatic carbocycles. The Hall–Kier alpha value is -1.07. The summed E-state index contributed by atoms with van der Waals surface area (Å²) in [6.07, 6.45) is 0.253. The van der Waals surface area contributed by atoms with Gasteiger partial charge >= 0.3 is 0 Å². The second kappa shape index (κ2) is 10.9. The van der Waals surface area contributed by atoms with Crippen LogP contribution in [0.15, 0.2) is 6.17 Å². The number of rotatable bonds is 12. The van der Waals surface area contributed by atoms with Gasteiger partial charge in [-0.25, -0.2) is 13.1 Å². The molecule has 1 aromatic heterocycles. The summed E-state index contributed by atoms with van der Waals surface area (Å²) < 4.78 is 43.6. The predicted octanol–water partition coefficient (Wildman–Crippen LogP) is -0.460. The van der Waals surface area contributed by atoms with Crippen LogP contribution in [0.2, 0.25) is 0 Å². The second-order valence-corrected chi connectivity index (χ2v) is 8.94. The van der Waals surface area contributed by atoms with Crippen molar-refractivity contribution in [2.24, 2.45) is 0 Å². The molecular weight excluding hydrogens is 358 g/mol. The lowest BCUT2D eigenvalue weighted by atomic mass is 10.4. The standard InChI is InChI=1S/C16H31N5O4S/c1-15(2)17-3-7-24-9-10-25-8-4-21-14-16(18-19-21)13-20-5-11-26(22,23)12-6-20/h14-15,17H,3-13H2,1-2H3/i14D. The zero-order valence-corrected chi connectivity index (χ0v) is 16.5. The van der Waals surface area contributed by atoms with Gasteiger partial charge in [0.25, 0.3) is 0 Å². The van der Waals surface area contributed by atoms with Crippen molar-refractivity contribution in [2.45, 2.75) is 33.0 Å². The highest BCUT2D eigenvalue weighted by Gasteiger charge is 2.22. The molecule has 1 fully saturated rings. The highest BCUT2D eigenvalue weighted by atomic mass is 32.2. The largest absolute Gasteiger partial charge is 0.378 e. The van der Waals surface area contributed by atoms with Crippen molar-refractivity contribution in [3.63, 3.8) is 0 Å². The first-order valence-electron chi connectivity index (χ1n) is 9.58. The Morgan fingerprint density at radius 1 is 1.23 bits per heavy atom. The first-order valence-corrected chi connectivity index (χ1v) is 10.9. The summed E-state index contributed by atoms with van der Waals surface area (Å²) in [7, 11) is -2.90. The van der Waals surface area contributed by atoms with E-state index in [1.807, 2.05) is 4.90 Å². The van der Waals surface area contributed by atoms with Gasteiger partial charge in [0.15, 0.2) is 9.84 Å². The fourth-order valence-electron chi connectivity index (χ4n) is 2.48. The molecule has 0 unspecified atom stereocenters. The molecule has 10 heteroatoms. The van der Waals surface area contributed by atoms with Crippen LogP contribution in [0.5, 0.6) is 0 Å². The minimum atomic E-state index is -2.90. The van der Waals surface area contributed by atoms with Gasteiger partial charge in [-0.05, 0) is 0 Å². The maximum Gasteiger partial charge on any atom is 0.152 e. The molecule has 1 saturated heterocycles. The third kappa shape index (κ3) is 8.54. The Kier molecular flexibility index (Phi) is 8.27. The van der Waals surface area contributed by atoms with Crippen LogP contribution in [-0.4, -0.2) is 91.9 Å². The van der Waals surface area contributed by atoms with E-state index in [1.54, 1.807) is 0 Å².